The first kappa shape index (κ1) is 13.8. The number of benzene rings is 1. The number of hydrogen-bond donors (Lipinski definition) is 2. The van der Waals surface area contributed by atoms with E-state index < -0.39 is 0 Å². The van der Waals surface area contributed by atoms with Gasteiger partial charge in [-0.15, -0.1) is 0 Å². The average molecular weight is 268 g/mol. The van der Waals surface area contributed by atoms with Crippen molar-refractivity contribution in [1.29, 1.82) is 0 Å². The van der Waals surface area contributed by atoms with E-state index in [4.69, 9.17) is 24.7 Å². The molecule has 106 valence electrons. The Bertz CT molecular complexity index is 425. The molecule has 1 unspecified atom stereocenters. The maximum absolute atomic E-state index is 5.98. The van der Waals surface area contributed by atoms with Gasteiger partial charge in [-0.05, 0) is 0 Å². The van der Waals surface area contributed by atoms with Crippen LogP contribution >= 0.6 is 0 Å². The zero-order valence-corrected chi connectivity index (χ0v) is 11.3. The quantitative estimate of drug-likeness (QED) is 0.753. The molecule has 0 amide bonds. The van der Waals surface area contributed by atoms with Gasteiger partial charge >= 0.3 is 0 Å². The molecular weight excluding hydrogens is 248 g/mol. The monoisotopic (exact) mass is 268 g/mol. The third-order valence-corrected chi connectivity index (χ3v) is 2.92. The molecule has 1 aromatic carbocycles. The first-order valence-corrected chi connectivity index (χ1v) is 6.19. The van der Waals surface area contributed by atoms with E-state index in [2.05, 4.69) is 5.32 Å². The molecule has 0 radical (unpaired) electrons. The molecule has 1 aliphatic heterocycles. The number of methoxy groups -OCH3 is 2. The highest BCUT2D eigenvalue weighted by Crippen LogP contribution is 2.36. The van der Waals surface area contributed by atoms with Crippen LogP contribution in [0.4, 0.5) is 11.4 Å². The predicted octanol–water partition coefficient (Wildman–Crippen LogP) is 1.11. The number of fused-ring (bicyclic) bond motifs is 1. The number of nitrogens with one attached hydrogen (secondary N) is 1. The fourth-order valence-electron chi connectivity index (χ4n) is 1.88. The molecule has 0 spiro atoms. The Morgan fingerprint density at radius 1 is 1.26 bits per heavy atom. The maximum Gasteiger partial charge on any atom is 0.163 e. The van der Waals surface area contributed by atoms with E-state index >= 15 is 0 Å². The van der Waals surface area contributed by atoms with E-state index in [9.17, 15) is 0 Å². The number of hydrogen-bond acceptors (Lipinski definition) is 6. The van der Waals surface area contributed by atoms with Gasteiger partial charge in [-0.2, -0.15) is 0 Å². The largest absolute Gasteiger partial charge is 0.486 e. The van der Waals surface area contributed by atoms with Gasteiger partial charge in [0.2, 0.25) is 0 Å². The lowest BCUT2D eigenvalue weighted by molar-refractivity contribution is 0.0366. The molecule has 6 heteroatoms. The van der Waals surface area contributed by atoms with Crippen molar-refractivity contribution in [1.82, 2.24) is 0 Å². The second-order valence-corrected chi connectivity index (χ2v) is 4.28. The fraction of sp³-hybridized carbons (Fsp3) is 0.538. The molecule has 1 heterocycles. The third-order valence-electron chi connectivity index (χ3n) is 2.92. The molecular formula is C13H20N2O4. The molecule has 1 aliphatic rings. The molecule has 3 N–H and O–H groups in total. The molecule has 0 saturated heterocycles. The zero-order chi connectivity index (χ0) is 13.7. The van der Waals surface area contributed by atoms with Crippen molar-refractivity contribution in [3.63, 3.8) is 0 Å². The fourth-order valence-corrected chi connectivity index (χ4v) is 1.88. The molecule has 0 saturated carbocycles. The van der Waals surface area contributed by atoms with Gasteiger partial charge in [-0.1, -0.05) is 0 Å². The van der Waals surface area contributed by atoms with Crippen molar-refractivity contribution in [3.05, 3.63) is 12.1 Å². The number of anilines is 2. The highest BCUT2D eigenvalue weighted by Gasteiger charge is 2.15. The summed E-state index contributed by atoms with van der Waals surface area (Å²) in [5.74, 6) is 1.40. The summed E-state index contributed by atoms with van der Waals surface area (Å²) in [6.07, 6.45) is -0.0300. The number of rotatable bonds is 6. The molecule has 2 rings (SSSR count). The Labute approximate surface area is 112 Å². The summed E-state index contributed by atoms with van der Waals surface area (Å²) in [5, 5.41) is 3.23. The number of ether oxygens (including phenoxy) is 4. The van der Waals surface area contributed by atoms with Crippen LogP contribution in [0.3, 0.4) is 0 Å². The Balaban J connectivity index is 2.03. The van der Waals surface area contributed by atoms with Crippen LogP contribution in [-0.2, 0) is 9.47 Å². The lowest BCUT2D eigenvalue weighted by atomic mass is 10.2. The van der Waals surface area contributed by atoms with Gasteiger partial charge in [0.25, 0.3) is 0 Å². The molecule has 1 atom stereocenters. The maximum atomic E-state index is 5.98. The third kappa shape index (κ3) is 3.42. The summed E-state index contributed by atoms with van der Waals surface area (Å²) < 4.78 is 21.3. The van der Waals surface area contributed by atoms with E-state index in [1.165, 1.54) is 0 Å². The Morgan fingerprint density at radius 3 is 2.58 bits per heavy atom. The topological polar surface area (TPSA) is 75.0 Å². The summed E-state index contributed by atoms with van der Waals surface area (Å²) in [6.45, 7) is 2.24. The normalized spacial score (nSPS) is 15.1. The Morgan fingerprint density at radius 2 is 1.95 bits per heavy atom. The second-order valence-electron chi connectivity index (χ2n) is 4.28. The molecule has 0 aliphatic carbocycles. The van der Waals surface area contributed by atoms with Crippen molar-refractivity contribution < 1.29 is 18.9 Å². The smallest absolute Gasteiger partial charge is 0.163 e. The van der Waals surface area contributed by atoms with E-state index in [1.807, 2.05) is 6.07 Å². The van der Waals surface area contributed by atoms with Gasteiger partial charge in [-0.25, -0.2) is 0 Å². The van der Waals surface area contributed by atoms with Crippen LogP contribution in [0.5, 0.6) is 11.5 Å². The van der Waals surface area contributed by atoms with Crippen molar-refractivity contribution in [2.75, 3.05) is 51.6 Å². The zero-order valence-electron chi connectivity index (χ0n) is 11.3. The average Bonchev–Trinajstić information content (AvgIpc) is 2.43. The molecule has 0 fully saturated rings. The van der Waals surface area contributed by atoms with Gasteiger partial charge in [-0.3, -0.25) is 0 Å². The lowest BCUT2D eigenvalue weighted by Gasteiger charge is -2.21. The van der Waals surface area contributed by atoms with Gasteiger partial charge in [0.05, 0.1) is 24.1 Å². The van der Waals surface area contributed by atoms with E-state index in [0.29, 0.717) is 43.6 Å². The van der Waals surface area contributed by atoms with Crippen LogP contribution < -0.4 is 20.5 Å². The molecule has 0 bridgehead atoms. The summed E-state index contributed by atoms with van der Waals surface area (Å²) in [6, 6.07) is 3.62. The van der Waals surface area contributed by atoms with Crippen molar-refractivity contribution in [3.8, 4) is 11.5 Å². The van der Waals surface area contributed by atoms with Crippen molar-refractivity contribution in [2.45, 2.75) is 6.10 Å². The van der Waals surface area contributed by atoms with Gasteiger partial charge < -0.3 is 30.0 Å². The molecule has 19 heavy (non-hydrogen) atoms. The minimum absolute atomic E-state index is 0.0300. The van der Waals surface area contributed by atoms with Crippen LogP contribution in [0.2, 0.25) is 0 Å². The minimum atomic E-state index is -0.0300. The van der Waals surface area contributed by atoms with E-state index in [0.717, 1.165) is 5.69 Å². The van der Waals surface area contributed by atoms with Crippen LogP contribution in [0.1, 0.15) is 0 Å². The van der Waals surface area contributed by atoms with Gasteiger partial charge in [0.15, 0.2) is 11.5 Å². The number of nitrogen functional groups attached to an aromatic ring is 1. The summed E-state index contributed by atoms with van der Waals surface area (Å²) >= 11 is 0. The first-order chi connectivity index (χ1) is 9.24. The highest BCUT2D eigenvalue weighted by molar-refractivity contribution is 5.72. The van der Waals surface area contributed by atoms with Crippen molar-refractivity contribution in [2.24, 2.45) is 0 Å². The first-order valence-electron chi connectivity index (χ1n) is 6.19. The van der Waals surface area contributed by atoms with Crippen molar-refractivity contribution >= 4 is 11.4 Å². The van der Waals surface area contributed by atoms with Gasteiger partial charge in [0, 0.05) is 32.9 Å². The molecule has 0 aromatic heterocycles. The van der Waals surface area contributed by atoms with Gasteiger partial charge in [0.1, 0.15) is 13.2 Å². The Hall–Kier alpha value is -1.66. The van der Waals surface area contributed by atoms with E-state index in [-0.39, 0.29) is 6.10 Å². The van der Waals surface area contributed by atoms with Crippen LogP contribution in [-0.4, -0.2) is 46.7 Å². The summed E-state index contributed by atoms with van der Waals surface area (Å²) in [4.78, 5) is 0. The molecule has 6 nitrogen and oxygen atoms in total. The Kier molecular flexibility index (Phi) is 4.70. The number of nitrogens with two attached hydrogens (primary N) is 1. The summed E-state index contributed by atoms with van der Waals surface area (Å²) in [7, 11) is 3.29. The van der Waals surface area contributed by atoms with E-state index in [1.54, 1.807) is 20.3 Å². The minimum Gasteiger partial charge on any atom is -0.486 e. The lowest BCUT2D eigenvalue weighted by Crippen LogP contribution is -2.27. The standard InChI is InChI=1S/C13H20N2O4/c1-16-8-9(17-2)7-15-11-6-13-12(5-10(11)14)18-3-4-19-13/h5-6,9,15H,3-4,7-8,14H2,1-2H3. The van der Waals surface area contributed by atoms with Crippen LogP contribution in [0.25, 0.3) is 0 Å². The molecule has 1 aromatic rings. The predicted molar refractivity (Wildman–Crippen MR) is 73.0 cm³/mol. The SMILES string of the molecule is COCC(CNc1cc2c(cc1N)OCCO2)OC. The summed E-state index contributed by atoms with van der Waals surface area (Å²) in [5.41, 5.74) is 7.41. The second kappa shape index (κ2) is 6.49. The van der Waals surface area contributed by atoms with Crippen LogP contribution in [0.15, 0.2) is 12.1 Å². The van der Waals surface area contributed by atoms with Crippen LogP contribution in [0, 0.1) is 0 Å². The highest BCUT2D eigenvalue weighted by atomic mass is 16.6.